The molecule has 1 aromatic carbocycles. The molecule has 21 heavy (non-hydrogen) atoms. The zero-order valence-electron chi connectivity index (χ0n) is 12.3. The lowest BCUT2D eigenvalue weighted by Crippen LogP contribution is -2.16. The Morgan fingerprint density at radius 1 is 1.19 bits per heavy atom. The lowest BCUT2D eigenvalue weighted by atomic mass is 10.0. The minimum absolute atomic E-state index is 0.0576. The summed E-state index contributed by atoms with van der Waals surface area (Å²) in [5.74, 6) is -0.698. The lowest BCUT2D eigenvalue weighted by Gasteiger charge is -2.11. The van der Waals surface area contributed by atoms with Crippen LogP contribution in [-0.4, -0.2) is 17.9 Å². The summed E-state index contributed by atoms with van der Waals surface area (Å²) in [5.41, 5.74) is 13.4. The van der Waals surface area contributed by atoms with Crippen LogP contribution in [0.2, 0.25) is 0 Å². The second-order valence-electron chi connectivity index (χ2n) is 4.57. The fourth-order valence-corrected chi connectivity index (χ4v) is 2.48. The summed E-state index contributed by atoms with van der Waals surface area (Å²) in [6.45, 7) is 5.77. The topological polar surface area (TPSA) is 86.2 Å². The number of amides is 1. The van der Waals surface area contributed by atoms with E-state index in [2.05, 4.69) is 13.5 Å². The van der Waals surface area contributed by atoms with Crippen molar-refractivity contribution in [1.82, 2.24) is 0 Å². The van der Waals surface area contributed by atoms with Crippen LogP contribution in [0.15, 0.2) is 47.0 Å². The van der Waals surface area contributed by atoms with Crippen molar-refractivity contribution in [2.45, 2.75) is 19.8 Å². The van der Waals surface area contributed by atoms with Crippen molar-refractivity contribution in [3.05, 3.63) is 58.1 Å². The Morgan fingerprint density at radius 3 is 2.19 bits per heavy atom. The van der Waals surface area contributed by atoms with Crippen LogP contribution < -0.4 is 11.5 Å². The molecule has 0 radical (unpaired) electrons. The Balaban J connectivity index is 3.09. The van der Waals surface area contributed by atoms with Crippen LogP contribution in [0.25, 0.3) is 0 Å². The van der Waals surface area contributed by atoms with E-state index in [1.165, 1.54) is 11.8 Å². The maximum Gasteiger partial charge on any atom is 0.221 e. The molecule has 0 atom stereocenters. The fourth-order valence-electron chi connectivity index (χ4n) is 1.81. The predicted octanol–water partition coefficient (Wildman–Crippen LogP) is 2.40. The summed E-state index contributed by atoms with van der Waals surface area (Å²) in [4.78, 5) is 23.8. The minimum Gasteiger partial charge on any atom is -0.397 e. The number of carbonyl (C=O) groups is 2. The monoisotopic (exact) mass is 304 g/mol. The molecule has 0 saturated heterocycles. The number of rotatable bonds is 7. The third-order valence-corrected chi connectivity index (χ3v) is 3.86. The first-order valence-corrected chi connectivity index (χ1v) is 7.77. The van der Waals surface area contributed by atoms with E-state index in [-0.39, 0.29) is 17.9 Å². The van der Waals surface area contributed by atoms with Crippen LogP contribution in [0.5, 0.6) is 0 Å². The summed E-state index contributed by atoms with van der Waals surface area (Å²) in [6, 6.07) is 7.39. The van der Waals surface area contributed by atoms with Gasteiger partial charge in [-0.3, -0.25) is 9.59 Å². The van der Waals surface area contributed by atoms with Gasteiger partial charge in [-0.1, -0.05) is 37.8 Å². The highest BCUT2D eigenvalue weighted by atomic mass is 32.2. The van der Waals surface area contributed by atoms with Gasteiger partial charge in [-0.05, 0) is 23.8 Å². The van der Waals surface area contributed by atoms with Gasteiger partial charge in [-0.2, -0.15) is 0 Å². The first-order chi connectivity index (χ1) is 9.90. The molecule has 0 bridgehead atoms. The third kappa shape index (κ3) is 4.49. The van der Waals surface area contributed by atoms with Crippen LogP contribution in [0, 0.1) is 0 Å². The maximum absolute atomic E-state index is 12.5. The number of hydrogen-bond acceptors (Lipinski definition) is 4. The number of hydrogen-bond donors (Lipinski definition) is 2. The van der Waals surface area contributed by atoms with Crippen molar-refractivity contribution in [3.8, 4) is 0 Å². The van der Waals surface area contributed by atoms with E-state index in [4.69, 9.17) is 11.5 Å². The summed E-state index contributed by atoms with van der Waals surface area (Å²) in [7, 11) is 0. The van der Waals surface area contributed by atoms with E-state index in [0.29, 0.717) is 16.0 Å². The normalized spacial score (nSPS) is 11.7. The van der Waals surface area contributed by atoms with Crippen LogP contribution >= 0.6 is 11.8 Å². The molecule has 0 aliphatic carbocycles. The average molecular weight is 304 g/mol. The molecule has 1 rings (SSSR count). The summed E-state index contributed by atoms with van der Waals surface area (Å²) in [6.07, 6.45) is 2.62. The number of carbonyl (C=O) groups excluding carboxylic acids is 2. The summed E-state index contributed by atoms with van der Waals surface area (Å²) in [5, 5.41) is 0. The number of ketones is 1. The van der Waals surface area contributed by atoms with Gasteiger partial charge < -0.3 is 11.5 Å². The third-order valence-electron chi connectivity index (χ3n) is 3.05. The van der Waals surface area contributed by atoms with Crippen molar-refractivity contribution in [2.24, 2.45) is 11.5 Å². The molecule has 0 saturated carbocycles. The molecule has 1 aromatic rings. The van der Waals surface area contributed by atoms with E-state index >= 15 is 0 Å². The van der Waals surface area contributed by atoms with Gasteiger partial charge in [0, 0.05) is 5.56 Å². The molecule has 0 unspecified atom stereocenters. The van der Waals surface area contributed by atoms with Gasteiger partial charge in [-0.15, -0.1) is 11.8 Å². The van der Waals surface area contributed by atoms with Gasteiger partial charge in [0.1, 0.15) is 0 Å². The predicted molar refractivity (Wildman–Crippen MR) is 87.8 cm³/mol. The smallest absolute Gasteiger partial charge is 0.221 e. The van der Waals surface area contributed by atoms with E-state index < -0.39 is 5.91 Å². The Labute approximate surface area is 129 Å². The van der Waals surface area contributed by atoms with Gasteiger partial charge in [0.25, 0.3) is 0 Å². The maximum atomic E-state index is 12.5. The molecule has 5 heteroatoms. The highest BCUT2D eigenvalue weighted by Gasteiger charge is 2.17. The van der Waals surface area contributed by atoms with Gasteiger partial charge in [-0.25, -0.2) is 0 Å². The number of aryl methyl sites for hydroxylation is 1. The average Bonchev–Trinajstić information content (AvgIpc) is 2.47. The molecule has 0 aliphatic rings. The van der Waals surface area contributed by atoms with Gasteiger partial charge in [0.05, 0.1) is 17.0 Å². The molecular formula is C16H20N2O2S. The second-order valence-corrected chi connectivity index (χ2v) is 5.39. The molecule has 4 N–H and O–H groups in total. The Bertz CT molecular complexity index is 589. The first kappa shape index (κ1) is 17.0. The summed E-state index contributed by atoms with van der Waals surface area (Å²) >= 11 is 1.24. The molecule has 0 aromatic heterocycles. The highest BCUT2D eigenvalue weighted by Crippen LogP contribution is 2.24. The SMILES string of the molecule is C=C(CC(N)=O)/C(N)=C(\SC)C(=O)c1ccc(CC)cc1. The number of Topliss-reactive ketones (excluding diaryl/α,β-unsaturated/α-hetero) is 1. The van der Waals surface area contributed by atoms with Crippen molar-refractivity contribution in [1.29, 1.82) is 0 Å². The van der Waals surface area contributed by atoms with Gasteiger partial charge in [0.15, 0.2) is 0 Å². The second kappa shape index (κ2) is 7.69. The Morgan fingerprint density at radius 2 is 1.76 bits per heavy atom. The van der Waals surface area contributed by atoms with Crippen LogP contribution in [0.3, 0.4) is 0 Å². The van der Waals surface area contributed by atoms with E-state index in [9.17, 15) is 9.59 Å². The molecule has 0 spiro atoms. The number of allylic oxidation sites excluding steroid dienone is 2. The van der Waals surface area contributed by atoms with E-state index in [1.54, 1.807) is 18.4 Å². The van der Waals surface area contributed by atoms with Crippen LogP contribution in [0.1, 0.15) is 29.3 Å². The lowest BCUT2D eigenvalue weighted by molar-refractivity contribution is -0.117. The van der Waals surface area contributed by atoms with E-state index in [0.717, 1.165) is 12.0 Å². The van der Waals surface area contributed by atoms with E-state index in [1.807, 2.05) is 12.1 Å². The fraction of sp³-hybridized carbons (Fsp3) is 0.250. The molecule has 0 aliphatic heterocycles. The minimum atomic E-state index is -0.525. The summed E-state index contributed by atoms with van der Waals surface area (Å²) < 4.78 is 0. The largest absolute Gasteiger partial charge is 0.397 e. The standard InChI is InChI=1S/C16H20N2O2S/c1-4-11-5-7-12(8-6-11)15(20)16(21-3)14(18)10(2)9-13(17)19/h5-8H,2,4,9,18H2,1,3H3,(H2,17,19)/b16-14+. The van der Waals surface area contributed by atoms with Crippen molar-refractivity contribution < 1.29 is 9.59 Å². The Kier molecular flexibility index (Phi) is 6.24. The number of benzene rings is 1. The van der Waals surface area contributed by atoms with Crippen LogP contribution in [-0.2, 0) is 11.2 Å². The van der Waals surface area contributed by atoms with Crippen molar-refractivity contribution in [3.63, 3.8) is 0 Å². The first-order valence-electron chi connectivity index (χ1n) is 6.54. The Hall–Kier alpha value is -2.01. The molecule has 0 fully saturated rings. The van der Waals surface area contributed by atoms with Gasteiger partial charge in [0.2, 0.25) is 11.7 Å². The highest BCUT2D eigenvalue weighted by molar-refractivity contribution is 8.03. The van der Waals surface area contributed by atoms with Crippen molar-refractivity contribution in [2.75, 3.05) is 6.26 Å². The molecule has 4 nitrogen and oxygen atoms in total. The van der Waals surface area contributed by atoms with Crippen molar-refractivity contribution >= 4 is 23.5 Å². The van der Waals surface area contributed by atoms with Crippen LogP contribution in [0.4, 0.5) is 0 Å². The molecule has 0 heterocycles. The number of thioether (sulfide) groups is 1. The number of nitrogens with two attached hydrogens (primary N) is 2. The molecule has 112 valence electrons. The zero-order valence-corrected chi connectivity index (χ0v) is 13.1. The number of primary amides is 1. The van der Waals surface area contributed by atoms with Gasteiger partial charge >= 0.3 is 0 Å². The molecular weight excluding hydrogens is 284 g/mol. The molecule has 1 amide bonds. The quantitative estimate of drug-likeness (QED) is 0.460. The zero-order chi connectivity index (χ0) is 16.0.